The van der Waals surface area contributed by atoms with Gasteiger partial charge in [-0.25, -0.2) is 4.98 Å². The van der Waals surface area contributed by atoms with Crippen molar-refractivity contribution in [3.05, 3.63) is 66.0 Å². The van der Waals surface area contributed by atoms with Crippen LogP contribution in [0.3, 0.4) is 0 Å². The van der Waals surface area contributed by atoms with Crippen LogP contribution in [0.1, 0.15) is 30.5 Å². The first-order valence-corrected chi connectivity index (χ1v) is 7.42. The van der Waals surface area contributed by atoms with Gasteiger partial charge in [-0.2, -0.15) is 0 Å². The summed E-state index contributed by atoms with van der Waals surface area (Å²) in [4.78, 5) is 29.9. The van der Waals surface area contributed by atoms with Crippen molar-refractivity contribution in [1.29, 1.82) is 0 Å². The zero-order valence-corrected chi connectivity index (χ0v) is 12.8. The number of carbonyl (C=O) groups excluding carboxylic acids is 2. The van der Waals surface area contributed by atoms with Crippen molar-refractivity contribution in [3.63, 3.8) is 0 Å². The Balaban J connectivity index is 1.82. The van der Waals surface area contributed by atoms with Crippen molar-refractivity contribution in [2.24, 2.45) is 0 Å². The van der Waals surface area contributed by atoms with Crippen molar-refractivity contribution in [2.75, 3.05) is 5.32 Å². The van der Waals surface area contributed by atoms with Gasteiger partial charge in [0.1, 0.15) is 5.82 Å². The lowest BCUT2D eigenvalue weighted by Gasteiger charge is -2.32. The Labute approximate surface area is 134 Å². The van der Waals surface area contributed by atoms with Gasteiger partial charge >= 0.3 is 0 Å². The standard InChI is InChI=1S/C18H17N3O2/c1-13(22)21-11-9-14-6-2-3-7-15(14)16(21)12-18(23)20-17-8-4-5-10-19-17/h2-11,16H,12H2,1H3,(H,19,20,23)/t16-/m1/s1. The highest BCUT2D eigenvalue weighted by Crippen LogP contribution is 2.32. The summed E-state index contributed by atoms with van der Waals surface area (Å²) in [7, 11) is 0. The maximum Gasteiger partial charge on any atom is 0.227 e. The third-order valence-electron chi connectivity index (χ3n) is 3.78. The van der Waals surface area contributed by atoms with E-state index in [0.29, 0.717) is 5.82 Å². The Hall–Kier alpha value is -2.95. The largest absolute Gasteiger partial charge is 0.311 e. The maximum absolute atomic E-state index is 12.3. The number of anilines is 1. The molecule has 2 amide bonds. The highest BCUT2D eigenvalue weighted by molar-refractivity contribution is 5.91. The summed E-state index contributed by atoms with van der Waals surface area (Å²) >= 11 is 0. The van der Waals surface area contributed by atoms with E-state index in [9.17, 15) is 9.59 Å². The molecule has 0 bridgehead atoms. The second kappa shape index (κ2) is 6.44. The molecule has 5 heteroatoms. The predicted octanol–water partition coefficient (Wildman–Crippen LogP) is 2.98. The quantitative estimate of drug-likeness (QED) is 0.948. The summed E-state index contributed by atoms with van der Waals surface area (Å²) in [6.45, 7) is 1.50. The summed E-state index contributed by atoms with van der Waals surface area (Å²) in [6, 6.07) is 12.8. The second-order valence-corrected chi connectivity index (χ2v) is 5.35. The first-order chi connectivity index (χ1) is 11.1. The van der Waals surface area contributed by atoms with Gasteiger partial charge in [-0.05, 0) is 29.3 Å². The minimum atomic E-state index is -0.308. The van der Waals surface area contributed by atoms with Crippen molar-refractivity contribution in [3.8, 4) is 0 Å². The highest BCUT2D eigenvalue weighted by atomic mass is 16.2. The van der Waals surface area contributed by atoms with E-state index < -0.39 is 0 Å². The summed E-state index contributed by atoms with van der Waals surface area (Å²) in [5.41, 5.74) is 2.00. The zero-order chi connectivity index (χ0) is 16.2. The Bertz CT molecular complexity index is 756. The average Bonchev–Trinajstić information content (AvgIpc) is 2.55. The zero-order valence-electron chi connectivity index (χ0n) is 12.8. The van der Waals surface area contributed by atoms with Crippen LogP contribution in [-0.2, 0) is 9.59 Å². The van der Waals surface area contributed by atoms with Gasteiger partial charge in [0, 0.05) is 19.3 Å². The molecule has 0 saturated heterocycles. The number of nitrogens with zero attached hydrogens (tertiary/aromatic N) is 2. The molecule has 1 aliphatic rings. The van der Waals surface area contributed by atoms with E-state index in [2.05, 4.69) is 10.3 Å². The van der Waals surface area contributed by atoms with E-state index in [4.69, 9.17) is 0 Å². The van der Waals surface area contributed by atoms with Gasteiger partial charge in [-0.1, -0.05) is 30.3 Å². The molecule has 0 aliphatic carbocycles. The van der Waals surface area contributed by atoms with E-state index in [1.807, 2.05) is 36.4 Å². The van der Waals surface area contributed by atoms with Crippen LogP contribution in [0, 0.1) is 0 Å². The van der Waals surface area contributed by atoms with Gasteiger partial charge in [0.05, 0.1) is 12.5 Å². The first-order valence-electron chi connectivity index (χ1n) is 7.42. The Morgan fingerprint density at radius 3 is 2.70 bits per heavy atom. The van der Waals surface area contributed by atoms with Crippen molar-refractivity contribution in [2.45, 2.75) is 19.4 Å². The van der Waals surface area contributed by atoms with Gasteiger partial charge in [0.15, 0.2) is 0 Å². The molecular formula is C18H17N3O2. The SMILES string of the molecule is CC(=O)N1C=Cc2ccccc2[C@H]1CC(=O)Nc1ccccn1. The first kappa shape index (κ1) is 15.0. The number of benzene rings is 1. The lowest BCUT2D eigenvalue weighted by molar-refractivity contribution is -0.129. The number of hydrogen-bond donors (Lipinski definition) is 1. The minimum Gasteiger partial charge on any atom is -0.311 e. The molecular weight excluding hydrogens is 290 g/mol. The van der Waals surface area contributed by atoms with Crippen molar-refractivity contribution >= 4 is 23.7 Å². The summed E-state index contributed by atoms with van der Waals surface area (Å²) in [5.74, 6) is 0.239. The van der Waals surface area contributed by atoms with Crippen LogP contribution < -0.4 is 5.32 Å². The lowest BCUT2D eigenvalue weighted by Crippen LogP contribution is -2.33. The molecule has 0 fully saturated rings. The fourth-order valence-corrected chi connectivity index (χ4v) is 2.72. The van der Waals surface area contributed by atoms with Gasteiger partial charge in [0.25, 0.3) is 0 Å². The van der Waals surface area contributed by atoms with E-state index in [-0.39, 0.29) is 24.3 Å². The minimum absolute atomic E-state index is 0.0913. The van der Waals surface area contributed by atoms with Gasteiger partial charge in [-0.3, -0.25) is 9.59 Å². The van der Waals surface area contributed by atoms with Gasteiger partial charge < -0.3 is 10.2 Å². The van der Waals surface area contributed by atoms with Gasteiger partial charge in [0.2, 0.25) is 11.8 Å². The number of hydrogen-bond acceptors (Lipinski definition) is 3. The summed E-state index contributed by atoms with van der Waals surface area (Å²) in [6.07, 6.45) is 5.43. The molecule has 2 aromatic rings. The van der Waals surface area contributed by atoms with Crippen LogP contribution >= 0.6 is 0 Å². The van der Waals surface area contributed by atoms with E-state index in [1.165, 1.54) is 6.92 Å². The normalized spacial score (nSPS) is 15.9. The molecule has 2 heterocycles. The Morgan fingerprint density at radius 2 is 1.96 bits per heavy atom. The molecule has 1 aromatic heterocycles. The molecule has 23 heavy (non-hydrogen) atoms. The van der Waals surface area contributed by atoms with E-state index >= 15 is 0 Å². The van der Waals surface area contributed by atoms with Crippen LogP contribution in [0.15, 0.2) is 54.9 Å². The number of aromatic nitrogens is 1. The molecule has 1 aromatic carbocycles. The third kappa shape index (κ3) is 3.29. The predicted molar refractivity (Wildman–Crippen MR) is 88.2 cm³/mol. The smallest absolute Gasteiger partial charge is 0.227 e. The number of nitrogens with one attached hydrogen (secondary N) is 1. The Morgan fingerprint density at radius 1 is 1.17 bits per heavy atom. The summed E-state index contributed by atoms with van der Waals surface area (Å²) < 4.78 is 0. The molecule has 0 saturated carbocycles. The molecule has 0 spiro atoms. The number of carbonyl (C=O) groups is 2. The van der Waals surface area contributed by atoms with Gasteiger partial charge in [-0.15, -0.1) is 0 Å². The second-order valence-electron chi connectivity index (χ2n) is 5.35. The molecule has 1 aliphatic heterocycles. The number of amides is 2. The fourth-order valence-electron chi connectivity index (χ4n) is 2.72. The highest BCUT2D eigenvalue weighted by Gasteiger charge is 2.28. The number of fused-ring (bicyclic) bond motifs is 1. The number of pyridine rings is 1. The molecule has 0 radical (unpaired) electrons. The van der Waals surface area contributed by atoms with Crippen molar-refractivity contribution in [1.82, 2.24) is 9.88 Å². The van der Waals surface area contributed by atoms with Crippen LogP contribution in [-0.4, -0.2) is 21.7 Å². The number of rotatable bonds is 3. The molecule has 3 rings (SSSR count). The summed E-state index contributed by atoms with van der Waals surface area (Å²) in [5, 5.41) is 2.77. The van der Waals surface area contributed by atoms with Crippen molar-refractivity contribution < 1.29 is 9.59 Å². The van der Waals surface area contributed by atoms with E-state index in [1.54, 1.807) is 29.4 Å². The molecule has 0 unspecified atom stereocenters. The third-order valence-corrected chi connectivity index (χ3v) is 3.78. The van der Waals surface area contributed by atoms with Crippen LogP contribution in [0.2, 0.25) is 0 Å². The van der Waals surface area contributed by atoms with E-state index in [0.717, 1.165) is 11.1 Å². The molecule has 116 valence electrons. The van der Waals surface area contributed by atoms with Crippen LogP contribution in [0.25, 0.3) is 6.08 Å². The topological polar surface area (TPSA) is 62.3 Å². The van der Waals surface area contributed by atoms with Crippen LogP contribution in [0.5, 0.6) is 0 Å². The molecule has 1 atom stereocenters. The molecule has 5 nitrogen and oxygen atoms in total. The van der Waals surface area contributed by atoms with Crippen LogP contribution in [0.4, 0.5) is 5.82 Å². The fraction of sp³-hybridized carbons (Fsp3) is 0.167. The monoisotopic (exact) mass is 307 g/mol. The Kier molecular flexibility index (Phi) is 4.19. The maximum atomic E-state index is 12.3. The molecule has 1 N–H and O–H groups in total. The average molecular weight is 307 g/mol. The lowest BCUT2D eigenvalue weighted by atomic mass is 9.93.